The molecule has 0 saturated heterocycles. The molecule has 1 amide bonds. The summed E-state index contributed by atoms with van der Waals surface area (Å²) in [6.07, 6.45) is 0.954. The highest BCUT2D eigenvalue weighted by molar-refractivity contribution is 7.80. The summed E-state index contributed by atoms with van der Waals surface area (Å²) in [4.78, 5) is 10.8. The lowest BCUT2D eigenvalue weighted by Gasteiger charge is -2.05. The zero-order chi connectivity index (χ0) is 8.15. The number of amides is 1. The number of rotatable bonds is 4. The Hall–Kier alpha value is -0.640. The van der Waals surface area contributed by atoms with Crippen LogP contribution in [0.3, 0.4) is 0 Å². The number of thiocarbonyl (C=S) groups is 1. The van der Waals surface area contributed by atoms with Crippen molar-refractivity contribution in [1.82, 2.24) is 0 Å². The van der Waals surface area contributed by atoms with Gasteiger partial charge in [0.05, 0.1) is 4.99 Å². The monoisotopic (exact) mass is 160 g/mol. The van der Waals surface area contributed by atoms with Crippen LogP contribution in [0.4, 0.5) is 0 Å². The highest BCUT2D eigenvalue weighted by atomic mass is 32.1. The Morgan fingerprint density at radius 1 is 1.50 bits per heavy atom. The van der Waals surface area contributed by atoms with Crippen LogP contribution in [0.2, 0.25) is 0 Å². The molecular formula is C6H12N2OS. The average Bonchev–Trinajstić information content (AvgIpc) is 1.58. The lowest BCUT2D eigenvalue weighted by molar-refractivity contribution is -0.118. The summed E-state index contributed by atoms with van der Waals surface area (Å²) in [5, 5.41) is 0. The van der Waals surface area contributed by atoms with Gasteiger partial charge in [-0.1, -0.05) is 19.1 Å². The molecule has 4 heteroatoms. The quantitative estimate of drug-likeness (QED) is 0.576. The zero-order valence-corrected chi connectivity index (χ0v) is 6.78. The van der Waals surface area contributed by atoms with Crippen molar-refractivity contribution in [3.05, 3.63) is 0 Å². The van der Waals surface area contributed by atoms with Gasteiger partial charge in [-0.2, -0.15) is 0 Å². The molecule has 0 aliphatic heterocycles. The number of primary amides is 1. The Kier molecular flexibility index (Phi) is 3.95. The topological polar surface area (TPSA) is 69.1 Å². The smallest absolute Gasteiger partial charge is 0.217 e. The van der Waals surface area contributed by atoms with Crippen molar-refractivity contribution >= 4 is 23.1 Å². The highest BCUT2D eigenvalue weighted by Crippen LogP contribution is 2.05. The van der Waals surface area contributed by atoms with Gasteiger partial charge in [-0.3, -0.25) is 4.79 Å². The van der Waals surface area contributed by atoms with Crippen LogP contribution in [0.25, 0.3) is 0 Å². The molecular weight excluding hydrogens is 148 g/mol. The molecule has 0 unspecified atom stereocenters. The predicted molar refractivity (Wildman–Crippen MR) is 44.4 cm³/mol. The Balaban J connectivity index is 3.53. The van der Waals surface area contributed by atoms with E-state index in [9.17, 15) is 4.79 Å². The molecule has 0 radical (unpaired) electrons. The molecule has 58 valence electrons. The summed E-state index contributed by atoms with van der Waals surface area (Å²) >= 11 is 4.65. The standard InChI is InChI=1S/C6H12N2OS/c1-4(2-5(7)9)3-6(8)10/h4H,2-3H2,1H3,(H2,7,9)(H2,8,10)/t4-/m1/s1. The first-order chi connectivity index (χ1) is 4.52. The molecule has 4 N–H and O–H groups in total. The first-order valence-corrected chi connectivity index (χ1v) is 3.49. The largest absolute Gasteiger partial charge is 0.393 e. The van der Waals surface area contributed by atoms with E-state index in [1.54, 1.807) is 0 Å². The molecule has 0 heterocycles. The third kappa shape index (κ3) is 5.50. The highest BCUT2D eigenvalue weighted by Gasteiger charge is 2.06. The van der Waals surface area contributed by atoms with Crippen molar-refractivity contribution in [3.8, 4) is 0 Å². The predicted octanol–water partition coefficient (Wildman–Crippen LogP) is 0.174. The molecule has 0 fully saturated rings. The van der Waals surface area contributed by atoms with Crippen LogP contribution < -0.4 is 11.5 Å². The fraction of sp³-hybridized carbons (Fsp3) is 0.667. The molecule has 0 aromatic carbocycles. The van der Waals surface area contributed by atoms with Gasteiger partial charge in [0.15, 0.2) is 0 Å². The van der Waals surface area contributed by atoms with E-state index < -0.39 is 0 Å². The van der Waals surface area contributed by atoms with E-state index in [4.69, 9.17) is 11.5 Å². The van der Waals surface area contributed by atoms with E-state index in [2.05, 4.69) is 12.2 Å². The second-order valence-electron chi connectivity index (χ2n) is 2.45. The molecule has 0 aromatic heterocycles. The van der Waals surface area contributed by atoms with Crippen LogP contribution in [0.5, 0.6) is 0 Å². The lowest BCUT2D eigenvalue weighted by atomic mass is 10.0. The second-order valence-corrected chi connectivity index (χ2v) is 2.97. The second kappa shape index (κ2) is 4.22. The van der Waals surface area contributed by atoms with Crippen molar-refractivity contribution in [2.75, 3.05) is 0 Å². The van der Waals surface area contributed by atoms with Crippen molar-refractivity contribution in [2.24, 2.45) is 17.4 Å². The van der Waals surface area contributed by atoms with Gasteiger partial charge in [-0.05, 0) is 5.92 Å². The summed E-state index contributed by atoms with van der Waals surface area (Å²) in [7, 11) is 0. The molecule has 0 aliphatic carbocycles. The first kappa shape index (κ1) is 9.36. The van der Waals surface area contributed by atoms with Gasteiger partial charge in [-0.15, -0.1) is 0 Å². The van der Waals surface area contributed by atoms with E-state index in [0.717, 1.165) is 0 Å². The van der Waals surface area contributed by atoms with Gasteiger partial charge in [0.2, 0.25) is 5.91 Å². The molecule has 10 heavy (non-hydrogen) atoms. The minimum atomic E-state index is -0.302. The van der Waals surface area contributed by atoms with E-state index >= 15 is 0 Å². The fourth-order valence-electron chi connectivity index (χ4n) is 0.759. The van der Waals surface area contributed by atoms with Crippen LogP contribution in [0.15, 0.2) is 0 Å². The third-order valence-corrected chi connectivity index (χ3v) is 1.27. The molecule has 0 saturated carbocycles. The number of carbonyl (C=O) groups excluding carboxylic acids is 1. The zero-order valence-electron chi connectivity index (χ0n) is 5.96. The van der Waals surface area contributed by atoms with Gasteiger partial charge in [0.25, 0.3) is 0 Å². The third-order valence-electron chi connectivity index (χ3n) is 1.10. The van der Waals surface area contributed by atoms with Gasteiger partial charge >= 0.3 is 0 Å². The molecule has 0 aliphatic rings. The summed E-state index contributed by atoms with van der Waals surface area (Å²) in [5.41, 5.74) is 10.2. The minimum absolute atomic E-state index is 0.176. The van der Waals surface area contributed by atoms with E-state index in [1.807, 2.05) is 6.92 Å². The summed E-state index contributed by atoms with van der Waals surface area (Å²) in [6.45, 7) is 1.89. The Bertz CT molecular complexity index is 131. The first-order valence-electron chi connectivity index (χ1n) is 3.09. The fourth-order valence-corrected chi connectivity index (χ4v) is 1.04. The molecule has 1 atom stereocenters. The minimum Gasteiger partial charge on any atom is -0.393 e. The number of nitrogens with two attached hydrogens (primary N) is 2. The maximum Gasteiger partial charge on any atom is 0.217 e. The molecule has 0 aromatic rings. The Morgan fingerprint density at radius 2 is 2.00 bits per heavy atom. The van der Waals surface area contributed by atoms with Crippen molar-refractivity contribution in [3.63, 3.8) is 0 Å². The van der Waals surface area contributed by atoms with Crippen LogP contribution >= 0.6 is 12.2 Å². The average molecular weight is 160 g/mol. The normalized spacial score (nSPS) is 12.5. The molecule has 0 rings (SSSR count). The van der Waals surface area contributed by atoms with Crippen LogP contribution in [-0.4, -0.2) is 10.9 Å². The molecule has 3 nitrogen and oxygen atoms in total. The maximum atomic E-state index is 10.3. The van der Waals surface area contributed by atoms with Crippen LogP contribution in [-0.2, 0) is 4.79 Å². The van der Waals surface area contributed by atoms with Crippen molar-refractivity contribution < 1.29 is 4.79 Å². The van der Waals surface area contributed by atoms with Gasteiger partial charge in [-0.25, -0.2) is 0 Å². The van der Waals surface area contributed by atoms with Crippen LogP contribution in [0.1, 0.15) is 19.8 Å². The van der Waals surface area contributed by atoms with Gasteiger partial charge in [0, 0.05) is 12.8 Å². The van der Waals surface area contributed by atoms with Gasteiger partial charge in [0.1, 0.15) is 0 Å². The van der Waals surface area contributed by atoms with Crippen molar-refractivity contribution in [2.45, 2.75) is 19.8 Å². The van der Waals surface area contributed by atoms with E-state index in [-0.39, 0.29) is 11.8 Å². The van der Waals surface area contributed by atoms with E-state index in [0.29, 0.717) is 17.8 Å². The lowest BCUT2D eigenvalue weighted by Crippen LogP contribution is -2.19. The summed E-state index contributed by atoms with van der Waals surface area (Å²) < 4.78 is 0. The molecule has 0 bridgehead atoms. The molecule has 0 spiro atoms. The number of carbonyl (C=O) groups is 1. The van der Waals surface area contributed by atoms with Gasteiger partial charge < -0.3 is 11.5 Å². The summed E-state index contributed by atoms with van der Waals surface area (Å²) in [5.74, 6) is -0.126. The summed E-state index contributed by atoms with van der Waals surface area (Å²) in [6, 6.07) is 0. The Morgan fingerprint density at radius 3 is 2.30 bits per heavy atom. The maximum absolute atomic E-state index is 10.3. The van der Waals surface area contributed by atoms with Crippen molar-refractivity contribution in [1.29, 1.82) is 0 Å². The number of hydrogen-bond acceptors (Lipinski definition) is 2. The van der Waals surface area contributed by atoms with Crippen LogP contribution in [0, 0.1) is 5.92 Å². The van der Waals surface area contributed by atoms with E-state index in [1.165, 1.54) is 0 Å². The SMILES string of the molecule is C[C@H](CC(N)=O)CC(N)=S. The Labute approximate surface area is 65.8 Å². The number of hydrogen-bond donors (Lipinski definition) is 2.